The van der Waals surface area contributed by atoms with E-state index in [4.69, 9.17) is 4.74 Å². The average Bonchev–Trinajstić information content (AvgIpc) is 3.08. The third-order valence-corrected chi connectivity index (χ3v) is 5.49. The molecule has 0 radical (unpaired) electrons. The number of anilines is 2. The molecule has 1 aromatic carbocycles. The molecule has 0 aliphatic carbocycles. The van der Waals surface area contributed by atoms with E-state index in [-0.39, 0.29) is 18.2 Å². The number of imide groups is 1. The van der Waals surface area contributed by atoms with Gasteiger partial charge in [-0.05, 0) is 43.3 Å². The van der Waals surface area contributed by atoms with Crippen molar-refractivity contribution in [1.82, 2.24) is 9.88 Å². The molecule has 2 saturated heterocycles. The summed E-state index contributed by atoms with van der Waals surface area (Å²) < 4.78 is 4.97. The first-order valence-corrected chi connectivity index (χ1v) is 10.1. The van der Waals surface area contributed by atoms with Gasteiger partial charge in [0.15, 0.2) is 0 Å². The number of hydrogen-bond donors (Lipinski definition) is 0. The normalized spacial score (nSPS) is 20.0. The molecule has 156 valence electrons. The first kappa shape index (κ1) is 20.0. The summed E-state index contributed by atoms with van der Waals surface area (Å²) in [6.07, 6.45) is 1.94. The van der Waals surface area contributed by atoms with Crippen molar-refractivity contribution in [2.75, 3.05) is 42.6 Å². The number of carbonyl (C=O) groups is 3. The standard InChI is InChI=1S/C22H24N4O4/c1-2-30-22(29)16-6-8-17(9-7-16)26-20(27)15-18(21(26)28)24-11-13-25(14-12-24)19-5-3-4-10-23-19/h3-10,18H,2,11-15H2,1H3. The summed E-state index contributed by atoms with van der Waals surface area (Å²) in [5.74, 6) is 0.0669. The first-order chi connectivity index (χ1) is 14.6. The molecule has 1 aromatic heterocycles. The lowest BCUT2D eigenvalue weighted by molar-refractivity contribution is -0.123. The monoisotopic (exact) mass is 408 g/mol. The summed E-state index contributed by atoms with van der Waals surface area (Å²) in [5.41, 5.74) is 0.870. The molecule has 30 heavy (non-hydrogen) atoms. The average molecular weight is 408 g/mol. The van der Waals surface area contributed by atoms with Crippen LogP contribution < -0.4 is 9.80 Å². The van der Waals surface area contributed by atoms with Crippen LogP contribution in [0.5, 0.6) is 0 Å². The summed E-state index contributed by atoms with van der Waals surface area (Å²) >= 11 is 0. The number of amides is 2. The van der Waals surface area contributed by atoms with Gasteiger partial charge in [0.2, 0.25) is 5.91 Å². The van der Waals surface area contributed by atoms with Crippen LogP contribution >= 0.6 is 0 Å². The lowest BCUT2D eigenvalue weighted by Crippen LogP contribution is -2.52. The van der Waals surface area contributed by atoms with E-state index in [0.29, 0.717) is 30.9 Å². The number of rotatable bonds is 5. The van der Waals surface area contributed by atoms with Gasteiger partial charge in [0.1, 0.15) is 5.82 Å². The predicted molar refractivity (Wildman–Crippen MR) is 111 cm³/mol. The highest BCUT2D eigenvalue weighted by Gasteiger charge is 2.43. The topological polar surface area (TPSA) is 83.1 Å². The summed E-state index contributed by atoms with van der Waals surface area (Å²) in [6, 6.07) is 11.7. The highest BCUT2D eigenvalue weighted by Crippen LogP contribution is 2.27. The Bertz CT molecular complexity index is 924. The van der Waals surface area contributed by atoms with E-state index >= 15 is 0 Å². The number of nitrogens with zero attached hydrogens (tertiary/aromatic N) is 4. The lowest BCUT2D eigenvalue weighted by Gasteiger charge is -2.37. The summed E-state index contributed by atoms with van der Waals surface area (Å²) in [5, 5.41) is 0. The van der Waals surface area contributed by atoms with Gasteiger partial charge < -0.3 is 9.64 Å². The van der Waals surface area contributed by atoms with Crippen molar-refractivity contribution in [2.45, 2.75) is 19.4 Å². The van der Waals surface area contributed by atoms with Crippen molar-refractivity contribution in [2.24, 2.45) is 0 Å². The molecule has 0 bridgehead atoms. The third kappa shape index (κ3) is 3.91. The Morgan fingerprint density at radius 3 is 2.43 bits per heavy atom. The quantitative estimate of drug-likeness (QED) is 0.550. The van der Waals surface area contributed by atoms with Gasteiger partial charge in [0.25, 0.3) is 5.91 Å². The number of benzene rings is 1. The zero-order valence-corrected chi connectivity index (χ0v) is 16.9. The van der Waals surface area contributed by atoms with Gasteiger partial charge in [-0.15, -0.1) is 0 Å². The summed E-state index contributed by atoms with van der Waals surface area (Å²) in [6.45, 7) is 4.92. The Balaban J connectivity index is 1.41. The van der Waals surface area contributed by atoms with Crippen LogP contribution in [-0.4, -0.2) is 66.5 Å². The van der Waals surface area contributed by atoms with Gasteiger partial charge in [0.05, 0.1) is 30.3 Å². The highest BCUT2D eigenvalue weighted by molar-refractivity contribution is 6.22. The van der Waals surface area contributed by atoms with E-state index in [9.17, 15) is 14.4 Å². The predicted octanol–water partition coefficient (Wildman–Crippen LogP) is 1.71. The van der Waals surface area contributed by atoms with Crippen LogP contribution in [0.2, 0.25) is 0 Å². The maximum atomic E-state index is 13.0. The van der Waals surface area contributed by atoms with Crippen LogP contribution in [0.15, 0.2) is 48.7 Å². The van der Waals surface area contributed by atoms with Gasteiger partial charge in [-0.1, -0.05) is 6.07 Å². The Morgan fingerprint density at radius 1 is 1.07 bits per heavy atom. The summed E-state index contributed by atoms with van der Waals surface area (Å²) in [4.78, 5) is 47.3. The van der Waals surface area contributed by atoms with Crippen LogP contribution in [0.3, 0.4) is 0 Å². The van der Waals surface area contributed by atoms with Crippen LogP contribution in [0.25, 0.3) is 0 Å². The van der Waals surface area contributed by atoms with E-state index in [0.717, 1.165) is 18.9 Å². The Hall–Kier alpha value is -3.26. The molecule has 1 unspecified atom stereocenters. The van der Waals surface area contributed by atoms with Gasteiger partial charge >= 0.3 is 5.97 Å². The minimum absolute atomic E-state index is 0.169. The van der Waals surface area contributed by atoms with Gasteiger partial charge in [-0.3, -0.25) is 14.5 Å². The van der Waals surface area contributed by atoms with Crippen molar-refractivity contribution in [3.63, 3.8) is 0 Å². The fraction of sp³-hybridized carbons (Fsp3) is 0.364. The van der Waals surface area contributed by atoms with Crippen LogP contribution in [0.4, 0.5) is 11.5 Å². The molecule has 2 aliphatic rings. The van der Waals surface area contributed by atoms with Crippen molar-refractivity contribution in [1.29, 1.82) is 0 Å². The number of esters is 1. The molecule has 0 spiro atoms. The van der Waals surface area contributed by atoms with E-state index in [1.807, 2.05) is 18.2 Å². The van der Waals surface area contributed by atoms with Crippen molar-refractivity contribution in [3.05, 3.63) is 54.2 Å². The van der Waals surface area contributed by atoms with Gasteiger partial charge in [-0.2, -0.15) is 0 Å². The molecule has 8 nitrogen and oxygen atoms in total. The molecule has 2 aliphatic heterocycles. The van der Waals surface area contributed by atoms with E-state index < -0.39 is 12.0 Å². The summed E-state index contributed by atoms with van der Waals surface area (Å²) in [7, 11) is 0. The zero-order valence-electron chi connectivity index (χ0n) is 16.9. The van der Waals surface area contributed by atoms with Gasteiger partial charge in [-0.25, -0.2) is 14.7 Å². The molecule has 0 N–H and O–H groups in total. The van der Waals surface area contributed by atoms with Crippen molar-refractivity contribution in [3.8, 4) is 0 Å². The maximum Gasteiger partial charge on any atom is 0.338 e. The minimum atomic E-state index is -0.451. The number of ether oxygens (including phenoxy) is 1. The van der Waals surface area contributed by atoms with Crippen molar-refractivity contribution < 1.29 is 19.1 Å². The van der Waals surface area contributed by atoms with Crippen LogP contribution in [0.1, 0.15) is 23.7 Å². The maximum absolute atomic E-state index is 13.0. The molecule has 2 aromatic rings. The number of pyridine rings is 1. The Labute approximate surface area is 175 Å². The molecule has 8 heteroatoms. The smallest absolute Gasteiger partial charge is 0.338 e. The zero-order chi connectivity index (χ0) is 21.1. The molecular weight excluding hydrogens is 384 g/mol. The minimum Gasteiger partial charge on any atom is -0.462 e. The molecular formula is C22H24N4O4. The second-order valence-corrected chi connectivity index (χ2v) is 7.27. The molecule has 1 atom stereocenters. The molecule has 4 rings (SSSR count). The van der Waals surface area contributed by atoms with Crippen LogP contribution in [-0.2, 0) is 14.3 Å². The Kier molecular flexibility index (Phi) is 5.76. The van der Waals surface area contributed by atoms with E-state index in [1.54, 1.807) is 37.4 Å². The largest absolute Gasteiger partial charge is 0.462 e. The molecule has 2 amide bonds. The molecule has 0 saturated carbocycles. The Morgan fingerprint density at radius 2 is 1.80 bits per heavy atom. The van der Waals surface area contributed by atoms with E-state index in [2.05, 4.69) is 14.8 Å². The number of hydrogen-bond acceptors (Lipinski definition) is 7. The first-order valence-electron chi connectivity index (χ1n) is 10.1. The van der Waals surface area contributed by atoms with Crippen LogP contribution in [0, 0.1) is 0 Å². The number of piperazine rings is 1. The SMILES string of the molecule is CCOC(=O)c1ccc(N2C(=O)CC(N3CCN(c4ccccn4)CC3)C2=O)cc1. The highest BCUT2D eigenvalue weighted by atomic mass is 16.5. The fourth-order valence-corrected chi connectivity index (χ4v) is 3.94. The third-order valence-electron chi connectivity index (χ3n) is 5.49. The van der Waals surface area contributed by atoms with Gasteiger partial charge in [0, 0.05) is 32.4 Å². The van der Waals surface area contributed by atoms with E-state index in [1.165, 1.54) is 4.90 Å². The number of aromatic nitrogens is 1. The lowest BCUT2D eigenvalue weighted by atomic mass is 10.1. The second kappa shape index (κ2) is 8.62. The fourth-order valence-electron chi connectivity index (χ4n) is 3.94. The molecule has 2 fully saturated rings. The van der Waals surface area contributed by atoms with Crippen molar-refractivity contribution >= 4 is 29.3 Å². The molecule has 3 heterocycles. The second-order valence-electron chi connectivity index (χ2n) is 7.27. The number of carbonyl (C=O) groups excluding carboxylic acids is 3.